The van der Waals surface area contributed by atoms with E-state index in [1.807, 2.05) is 25.4 Å². The van der Waals surface area contributed by atoms with Crippen molar-refractivity contribution < 1.29 is 18.8 Å². The van der Waals surface area contributed by atoms with Crippen LogP contribution in [0.5, 0.6) is 0 Å². The van der Waals surface area contributed by atoms with Gasteiger partial charge in [0, 0.05) is 100 Å². The molecule has 16 heteroatoms. The molecule has 2 aromatic carbocycles. The second-order valence-electron chi connectivity index (χ2n) is 17.3. The maximum Gasteiger partial charge on any atom is 0.271 e. The van der Waals surface area contributed by atoms with Gasteiger partial charge in [0.05, 0.1) is 29.5 Å². The van der Waals surface area contributed by atoms with E-state index in [9.17, 15) is 18.8 Å². The lowest BCUT2D eigenvalue weighted by Gasteiger charge is -2.43. The Morgan fingerprint density at radius 3 is 2.44 bits per heavy atom. The first-order chi connectivity index (χ1) is 30.2. The zero-order valence-electron chi connectivity index (χ0n) is 34.8. The third-order valence-electron chi connectivity index (χ3n) is 13.4. The quantitative estimate of drug-likeness (QED) is 0.149. The molecule has 322 valence electrons. The van der Waals surface area contributed by atoms with Crippen molar-refractivity contribution in [2.24, 2.45) is 0 Å². The van der Waals surface area contributed by atoms with Gasteiger partial charge in [-0.25, -0.2) is 13.9 Å². The zero-order chi connectivity index (χ0) is 42.5. The number of nitrogens with one attached hydrogen (secondary N) is 3. The predicted octanol–water partition coefficient (Wildman–Crippen LogP) is 5.32. The average Bonchev–Trinajstić information content (AvgIpc) is 3.59. The highest BCUT2D eigenvalue weighted by Crippen LogP contribution is 2.40. The van der Waals surface area contributed by atoms with Gasteiger partial charge in [0.15, 0.2) is 17.2 Å². The Kier molecular flexibility index (Phi) is 11.1. The van der Waals surface area contributed by atoms with Gasteiger partial charge in [0.2, 0.25) is 11.8 Å². The van der Waals surface area contributed by atoms with E-state index in [2.05, 4.69) is 83.0 Å². The van der Waals surface area contributed by atoms with E-state index in [-0.39, 0.29) is 29.3 Å². The number of hydrogen-bond acceptors (Lipinski definition) is 11. The molecule has 0 spiro atoms. The van der Waals surface area contributed by atoms with Crippen LogP contribution < -0.4 is 20.9 Å². The molecule has 0 radical (unpaired) electrons. The van der Waals surface area contributed by atoms with Gasteiger partial charge in [-0.3, -0.25) is 39.4 Å². The van der Waals surface area contributed by atoms with E-state index in [4.69, 9.17) is 21.7 Å². The topological polar surface area (TPSA) is 143 Å². The summed E-state index contributed by atoms with van der Waals surface area (Å²) < 4.78 is 15.1. The van der Waals surface area contributed by atoms with Crippen molar-refractivity contribution >= 4 is 52.2 Å². The molecule has 5 aromatic rings. The number of aromatic nitrogens is 4. The Labute approximate surface area is 364 Å². The Bertz CT molecular complexity index is 2540. The van der Waals surface area contributed by atoms with Gasteiger partial charge >= 0.3 is 0 Å². The van der Waals surface area contributed by atoms with Crippen LogP contribution in [0, 0.1) is 0 Å². The fourth-order valence-electron chi connectivity index (χ4n) is 9.81. The number of fused-ring (bicyclic) bond motifs is 2. The predicted molar refractivity (Wildman–Crippen MR) is 235 cm³/mol. The molecule has 3 atom stereocenters. The number of halogens is 2. The van der Waals surface area contributed by atoms with Crippen molar-refractivity contribution in [3.05, 3.63) is 100.0 Å². The van der Waals surface area contributed by atoms with E-state index in [1.54, 1.807) is 4.52 Å². The van der Waals surface area contributed by atoms with Crippen molar-refractivity contribution in [3.8, 4) is 11.3 Å². The molecule has 0 bridgehead atoms. The van der Waals surface area contributed by atoms with Crippen LogP contribution >= 0.6 is 11.6 Å². The number of likely N-dealkylation sites (tertiary alicyclic amines) is 1. The first-order valence-electron chi connectivity index (χ1n) is 21.9. The van der Waals surface area contributed by atoms with Crippen LogP contribution in [0.15, 0.2) is 67.0 Å². The molecule has 5 aliphatic rings. The first-order valence-corrected chi connectivity index (χ1v) is 22.2. The second-order valence-corrected chi connectivity index (χ2v) is 17.7. The molecule has 1 unspecified atom stereocenters. The molecule has 3 N–H and O–H groups in total. The van der Waals surface area contributed by atoms with Crippen molar-refractivity contribution in [1.82, 2.24) is 44.9 Å². The molecule has 62 heavy (non-hydrogen) atoms. The second kappa shape index (κ2) is 17.0. The molecule has 10 rings (SSSR count). The summed E-state index contributed by atoms with van der Waals surface area (Å²) in [6, 6.07) is 18.8. The Morgan fingerprint density at radius 2 is 1.68 bits per heavy atom. The van der Waals surface area contributed by atoms with Crippen LogP contribution in [-0.4, -0.2) is 123 Å². The maximum absolute atomic E-state index is 13.6. The van der Waals surface area contributed by atoms with Gasteiger partial charge in [-0.15, -0.1) is 5.10 Å². The summed E-state index contributed by atoms with van der Waals surface area (Å²) >= 11 is 6.53. The number of alkyl halides is 1. The minimum atomic E-state index is -1.00. The number of amides is 3. The molecule has 7 heterocycles. The molecule has 14 nitrogen and oxygen atoms in total. The van der Waals surface area contributed by atoms with Crippen molar-refractivity contribution in [3.63, 3.8) is 0 Å². The van der Waals surface area contributed by atoms with Gasteiger partial charge in [-0.1, -0.05) is 35.9 Å². The molecule has 4 fully saturated rings. The van der Waals surface area contributed by atoms with E-state index in [0.717, 1.165) is 112 Å². The van der Waals surface area contributed by atoms with E-state index in [0.29, 0.717) is 41.8 Å². The van der Waals surface area contributed by atoms with Crippen LogP contribution in [0.4, 0.5) is 21.6 Å². The molecule has 4 aliphatic heterocycles. The number of benzene rings is 2. The summed E-state index contributed by atoms with van der Waals surface area (Å²) in [5.41, 5.74) is 9.08. The monoisotopic (exact) mass is 859 g/mol. The van der Waals surface area contributed by atoms with Gasteiger partial charge in [-0.2, -0.15) is 0 Å². The Balaban J connectivity index is 0.751. The van der Waals surface area contributed by atoms with E-state index >= 15 is 0 Å². The first kappa shape index (κ1) is 40.6. The molecule has 3 aromatic heterocycles. The number of piperidine rings is 2. The minimum Gasteiger partial charge on any atom is -0.385 e. The number of carbonyl (C=O) groups excluding carboxylic acids is 3. The molecular formula is C46H51ClFN11O3. The Morgan fingerprint density at radius 1 is 0.903 bits per heavy atom. The molecule has 1 saturated carbocycles. The SMILES string of the molecule is CNc1cc(N2CCc3c(-c4cc(CN5CCC(N6CCN(Cc7ccc(Cl)c(C8CCC(=O)NC8=O)c7)CC6)CC5)ccn4)cccc32)nn2c(C(=O)N[C@@H]3C[C@@H]3F)cnc12. The normalized spacial score (nSPS) is 22.5. The third-order valence-corrected chi connectivity index (χ3v) is 13.7. The van der Waals surface area contributed by atoms with E-state index < -0.39 is 12.2 Å². The Hall–Kier alpha value is -5.48. The van der Waals surface area contributed by atoms with E-state index in [1.165, 1.54) is 17.3 Å². The number of imidazole rings is 1. The fourth-order valence-corrected chi connectivity index (χ4v) is 10.1. The summed E-state index contributed by atoms with van der Waals surface area (Å²) in [4.78, 5) is 56.5. The largest absolute Gasteiger partial charge is 0.385 e. The maximum atomic E-state index is 13.6. The van der Waals surface area contributed by atoms with Crippen LogP contribution in [-0.2, 0) is 29.1 Å². The summed E-state index contributed by atoms with van der Waals surface area (Å²) in [7, 11) is 1.82. The number of carbonyl (C=O) groups is 3. The number of nitrogens with zero attached hydrogens (tertiary/aromatic N) is 8. The highest BCUT2D eigenvalue weighted by molar-refractivity contribution is 6.31. The standard InChI is InChI=1S/C46H51ClFN11O3/c1-49-39-24-42(54-59-41(25-51-44(39)59)46(62)52-38-23-36(38)48)58-16-12-32-31(3-2-4-40(32)58)37-22-29(9-13-50-37)27-55-14-10-30(11-15-55)57-19-17-56(18-20-57)26-28-5-7-35(47)34(21-28)33-6-8-43(60)53-45(33)61/h2-5,7,9,13,21-22,24-25,30,33,36,38,49H,6,8,10-12,14-20,23,26-27H2,1H3,(H,52,62)(H,53,60,61)/t33?,36-,38+/m0/s1. The fraction of sp³-hybridized carbons (Fsp3) is 0.435. The molecule has 3 amide bonds. The summed E-state index contributed by atoms with van der Waals surface area (Å²) in [5, 5.41) is 13.9. The third kappa shape index (κ3) is 8.14. The lowest BCUT2D eigenvalue weighted by atomic mass is 9.89. The molecular weight excluding hydrogens is 809 g/mol. The van der Waals surface area contributed by atoms with Gasteiger partial charge in [0.1, 0.15) is 6.17 Å². The van der Waals surface area contributed by atoms with Crippen LogP contribution in [0.1, 0.15) is 70.8 Å². The van der Waals surface area contributed by atoms with Gasteiger partial charge in [-0.05, 0) is 85.3 Å². The van der Waals surface area contributed by atoms with Crippen molar-refractivity contribution in [2.75, 3.05) is 63.1 Å². The number of hydrogen-bond donors (Lipinski definition) is 3. The van der Waals surface area contributed by atoms with Crippen molar-refractivity contribution in [2.45, 2.75) is 75.8 Å². The number of anilines is 3. The van der Waals surface area contributed by atoms with Crippen molar-refractivity contribution in [1.29, 1.82) is 0 Å². The number of piperazine rings is 1. The van der Waals surface area contributed by atoms with Gasteiger partial charge < -0.3 is 15.5 Å². The highest BCUT2D eigenvalue weighted by Gasteiger charge is 2.39. The summed E-state index contributed by atoms with van der Waals surface area (Å²) in [5.74, 6) is -0.563. The number of pyridine rings is 1. The van der Waals surface area contributed by atoms with Crippen LogP contribution in [0.2, 0.25) is 5.02 Å². The average molecular weight is 860 g/mol. The number of rotatable bonds is 11. The van der Waals surface area contributed by atoms with Crippen LogP contribution in [0.3, 0.4) is 0 Å². The molecule has 3 saturated heterocycles. The summed E-state index contributed by atoms with van der Waals surface area (Å²) in [6.45, 7) is 8.57. The number of imide groups is 1. The lowest BCUT2D eigenvalue weighted by molar-refractivity contribution is -0.134. The minimum absolute atomic E-state index is 0.218. The smallest absolute Gasteiger partial charge is 0.271 e. The zero-order valence-corrected chi connectivity index (χ0v) is 35.6. The van der Waals surface area contributed by atoms with Gasteiger partial charge in [0.25, 0.3) is 5.91 Å². The summed E-state index contributed by atoms with van der Waals surface area (Å²) in [6.07, 6.45) is 6.68. The highest BCUT2D eigenvalue weighted by atomic mass is 35.5. The lowest BCUT2D eigenvalue weighted by Crippen LogP contribution is -2.52. The van der Waals surface area contributed by atoms with Crippen LogP contribution in [0.25, 0.3) is 16.9 Å². The molecule has 1 aliphatic carbocycles.